The molecule has 9 nitrogen and oxygen atoms in total. The van der Waals surface area contributed by atoms with Gasteiger partial charge in [0, 0.05) is 12.5 Å². The van der Waals surface area contributed by atoms with Crippen LogP contribution in [0.25, 0.3) is 11.1 Å². The Balaban J connectivity index is 1.40. The fourth-order valence-electron chi connectivity index (χ4n) is 5.85. The van der Waals surface area contributed by atoms with Crippen molar-refractivity contribution in [1.82, 2.24) is 0 Å². The second-order valence-corrected chi connectivity index (χ2v) is 15.8. The molecule has 0 amide bonds. The van der Waals surface area contributed by atoms with Crippen molar-refractivity contribution in [3.63, 3.8) is 0 Å². The van der Waals surface area contributed by atoms with Crippen LogP contribution >= 0.6 is 0 Å². The van der Waals surface area contributed by atoms with Crippen molar-refractivity contribution >= 4 is 23.9 Å². The minimum Gasteiger partial charge on any atom is -0.494 e. The SMILES string of the molecule is C=C(C)C(=O)OCCCCCCOc1ccc(C(=O)Oc2ccc(-c3ccc(C(=O)OCCCCCCOC(=O)C(F)(F)C(F)(F)C(F)(F)C(F)(F)C(F)(F)C(F)(F)C(F)(F)C(C)(F)F)cc3)cc2)cc1. The summed E-state index contributed by atoms with van der Waals surface area (Å²) >= 11 is 0. The molecule has 0 N–H and O–H groups in total. The molecule has 3 aromatic rings. The van der Waals surface area contributed by atoms with Crippen molar-refractivity contribution in [3.05, 3.63) is 96.1 Å². The average Bonchev–Trinajstić information content (AvgIpc) is 3.30. The summed E-state index contributed by atoms with van der Waals surface area (Å²) in [6.45, 7) is 3.00. The van der Waals surface area contributed by atoms with Crippen molar-refractivity contribution in [2.45, 2.75) is 113 Å². The van der Waals surface area contributed by atoms with E-state index in [4.69, 9.17) is 18.9 Å². The first-order valence-corrected chi connectivity index (χ1v) is 21.0. The van der Waals surface area contributed by atoms with Crippen LogP contribution in [0.1, 0.15) is 85.9 Å². The highest BCUT2D eigenvalue weighted by molar-refractivity contribution is 5.91. The molecule has 0 heterocycles. The van der Waals surface area contributed by atoms with Gasteiger partial charge in [-0.05, 0) is 118 Å². The highest BCUT2D eigenvalue weighted by atomic mass is 19.4. The summed E-state index contributed by atoms with van der Waals surface area (Å²) in [5.74, 6) is -68.1. The summed E-state index contributed by atoms with van der Waals surface area (Å²) in [5, 5.41) is 0. The number of halogens is 16. The molecule has 0 aliphatic rings. The molecular formula is C46H44F16O9. The topological polar surface area (TPSA) is 114 Å². The number of alkyl halides is 16. The van der Waals surface area contributed by atoms with Crippen LogP contribution in [-0.4, -0.2) is 97.7 Å². The lowest BCUT2D eigenvalue weighted by Crippen LogP contribution is -2.75. The van der Waals surface area contributed by atoms with Gasteiger partial charge in [-0.1, -0.05) is 30.8 Å². The Morgan fingerprint density at radius 3 is 1.27 bits per heavy atom. The van der Waals surface area contributed by atoms with Gasteiger partial charge in [0.1, 0.15) is 11.5 Å². The number of esters is 4. The zero-order chi connectivity index (χ0) is 53.9. The second-order valence-electron chi connectivity index (χ2n) is 15.8. The van der Waals surface area contributed by atoms with Gasteiger partial charge in [0.25, 0.3) is 0 Å². The molecule has 25 heteroatoms. The quantitative estimate of drug-likeness (QED) is 0.0175. The Bertz CT molecular complexity index is 2280. The molecule has 0 aliphatic carbocycles. The maximum absolute atomic E-state index is 14.1. The van der Waals surface area contributed by atoms with E-state index < -0.39 is 91.2 Å². The molecule has 0 aliphatic heterocycles. The maximum Gasteiger partial charge on any atom is 0.410 e. The third-order valence-electron chi connectivity index (χ3n) is 10.2. The minimum atomic E-state index is -8.64. The number of ether oxygens (including phenoxy) is 5. The molecular weight excluding hydrogens is 1000 g/mol. The first kappa shape index (κ1) is 59.3. The van der Waals surface area contributed by atoms with Crippen LogP contribution in [0.3, 0.4) is 0 Å². The highest BCUT2D eigenvalue weighted by Gasteiger charge is 2.95. The average molecular weight is 1040 g/mol. The lowest BCUT2D eigenvalue weighted by Gasteiger charge is -2.43. The summed E-state index contributed by atoms with van der Waals surface area (Å²) in [6, 6.07) is 18.7. The van der Waals surface area contributed by atoms with Crippen molar-refractivity contribution < 1.29 is 113 Å². The predicted molar refractivity (Wildman–Crippen MR) is 218 cm³/mol. The van der Waals surface area contributed by atoms with Crippen LogP contribution in [0, 0.1) is 0 Å². The first-order valence-electron chi connectivity index (χ1n) is 21.0. The summed E-state index contributed by atoms with van der Waals surface area (Å²) in [4.78, 5) is 48.1. The largest absolute Gasteiger partial charge is 0.494 e. The number of hydrogen-bond donors (Lipinski definition) is 0. The second kappa shape index (κ2) is 23.5. The van der Waals surface area contributed by atoms with Crippen LogP contribution in [0.5, 0.6) is 11.5 Å². The van der Waals surface area contributed by atoms with Crippen molar-refractivity contribution in [2.24, 2.45) is 0 Å². The van der Waals surface area contributed by atoms with Gasteiger partial charge < -0.3 is 23.7 Å². The zero-order valence-corrected chi connectivity index (χ0v) is 37.3. The zero-order valence-electron chi connectivity index (χ0n) is 37.3. The minimum absolute atomic E-state index is 0.0277. The fourth-order valence-corrected chi connectivity index (χ4v) is 5.85. The smallest absolute Gasteiger partial charge is 0.410 e. The maximum atomic E-state index is 14.1. The van der Waals surface area contributed by atoms with Crippen LogP contribution in [0.15, 0.2) is 84.9 Å². The predicted octanol–water partition coefficient (Wildman–Crippen LogP) is 13.0. The Labute approximate surface area is 394 Å². The van der Waals surface area contributed by atoms with Gasteiger partial charge in [-0.25, -0.2) is 19.2 Å². The number of carbonyl (C=O) groups excluding carboxylic acids is 4. The molecule has 71 heavy (non-hydrogen) atoms. The van der Waals surface area contributed by atoms with E-state index >= 15 is 0 Å². The third-order valence-corrected chi connectivity index (χ3v) is 10.2. The van der Waals surface area contributed by atoms with Gasteiger partial charge in [-0.15, -0.1) is 0 Å². The van der Waals surface area contributed by atoms with Gasteiger partial charge in [-0.3, -0.25) is 0 Å². The van der Waals surface area contributed by atoms with E-state index in [1.54, 1.807) is 67.6 Å². The summed E-state index contributed by atoms with van der Waals surface area (Å²) < 4.78 is 245. The van der Waals surface area contributed by atoms with Gasteiger partial charge in [0.05, 0.1) is 37.6 Å². The van der Waals surface area contributed by atoms with E-state index in [9.17, 15) is 89.4 Å². The fraction of sp³-hybridized carbons (Fsp3) is 0.478. The van der Waals surface area contributed by atoms with Gasteiger partial charge in [0.15, 0.2) is 0 Å². The summed E-state index contributed by atoms with van der Waals surface area (Å²) in [6.07, 6.45) is 2.56. The van der Waals surface area contributed by atoms with E-state index in [0.29, 0.717) is 35.7 Å². The summed E-state index contributed by atoms with van der Waals surface area (Å²) in [7, 11) is 0. The van der Waals surface area contributed by atoms with Gasteiger partial charge in [0.2, 0.25) is 0 Å². The van der Waals surface area contributed by atoms with Gasteiger partial charge in [-0.2, -0.15) is 70.2 Å². The monoisotopic (exact) mass is 1040 g/mol. The number of hydrogen-bond acceptors (Lipinski definition) is 9. The standard InChI is InChI=1S/C46H44F16O9/c1-28(2)35(63)68-25-9-5-4-8-24-67-33-20-18-32(19-21-33)37(65)71-34-22-16-30(17-23-34)29-12-14-31(15-13-29)36(64)69-26-10-6-7-11-27-70-38(66)40(49,50)42(53,54)44(57,58)46(61,62)45(59,60)43(55,56)41(51,52)39(3,47)48/h12-23H,1,4-11,24-27H2,2-3H3. The van der Waals surface area contributed by atoms with Crippen LogP contribution in [0.4, 0.5) is 70.2 Å². The lowest BCUT2D eigenvalue weighted by molar-refractivity contribution is -0.450. The molecule has 0 aromatic heterocycles. The van der Waals surface area contributed by atoms with Gasteiger partial charge >= 0.3 is 71.3 Å². The van der Waals surface area contributed by atoms with Crippen molar-refractivity contribution in [2.75, 3.05) is 26.4 Å². The Morgan fingerprint density at radius 2 is 0.803 bits per heavy atom. The Kier molecular flexibility index (Phi) is 19.6. The normalized spacial score (nSPS) is 13.0. The molecule has 0 fully saturated rings. The molecule has 0 unspecified atom stereocenters. The molecule has 0 saturated carbocycles. The molecule has 3 rings (SSSR count). The van der Waals surface area contributed by atoms with Crippen molar-refractivity contribution in [3.8, 4) is 22.6 Å². The Morgan fingerprint density at radius 1 is 0.437 bits per heavy atom. The van der Waals surface area contributed by atoms with Crippen molar-refractivity contribution in [1.29, 1.82) is 0 Å². The molecule has 0 bridgehead atoms. The van der Waals surface area contributed by atoms with Crippen LogP contribution in [0.2, 0.25) is 0 Å². The highest BCUT2D eigenvalue weighted by Crippen LogP contribution is 2.63. The van der Waals surface area contributed by atoms with E-state index in [1.165, 1.54) is 12.1 Å². The van der Waals surface area contributed by atoms with Crippen LogP contribution in [-0.2, 0) is 23.8 Å². The molecule has 0 atom stereocenters. The van der Waals surface area contributed by atoms with E-state index in [2.05, 4.69) is 11.3 Å². The molecule has 0 radical (unpaired) electrons. The molecule has 3 aromatic carbocycles. The van der Waals surface area contributed by atoms with E-state index in [1.807, 2.05) is 0 Å². The number of benzene rings is 3. The van der Waals surface area contributed by atoms with E-state index in [-0.39, 0.29) is 42.7 Å². The lowest BCUT2D eigenvalue weighted by atomic mass is 9.88. The first-order chi connectivity index (χ1) is 32.7. The van der Waals surface area contributed by atoms with Crippen LogP contribution < -0.4 is 9.47 Å². The molecule has 0 saturated heterocycles. The number of rotatable bonds is 28. The molecule has 394 valence electrons. The Hall–Kier alpha value is -6.04. The summed E-state index contributed by atoms with van der Waals surface area (Å²) in [5.41, 5.74) is 2.02. The van der Waals surface area contributed by atoms with E-state index in [0.717, 1.165) is 25.7 Å². The number of carbonyl (C=O) groups is 4. The number of unbranched alkanes of at least 4 members (excludes halogenated alkanes) is 6. The third kappa shape index (κ3) is 13.5. The molecule has 0 spiro atoms.